The first-order valence-corrected chi connectivity index (χ1v) is 14.0. The van der Waals surface area contributed by atoms with Crippen LogP contribution in [0.5, 0.6) is 0 Å². The Morgan fingerprint density at radius 2 is 1.09 bits per heavy atom. The summed E-state index contributed by atoms with van der Waals surface area (Å²) >= 11 is 5.94. The number of pyridine rings is 2. The van der Waals surface area contributed by atoms with E-state index >= 15 is 0 Å². The second-order valence-electron chi connectivity index (χ2n) is 9.59. The maximum absolute atomic E-state index is 14.3. The number of aromatic nitrogens is 8. The van der Waals surface area contributed by atoms with Crippen LogP contribution in [0.2, 0.25) is 5.02 Å². The fourth-order valence-corrected chi connectivity index (χ4v) is 5.10. The number of hydrogen-bond acceptors (Lipinski definition) is 6. The highest BCUT2D eigenvalue weighted by atomic mass is 35.5. The molecule has 0 aliphatic rings. The number of benzene rings is 2. The normalized spacial score (nSPS) is 11.0. The van der Waals surface area contributed by atoms with E-state index < -0.39 is 57.1 Å². The van der Waals surface area contributed by atoms with Gasteiger partial charge in [-0.15, -0.1) is 0 Å². The van der Waals surface area contributed by atoms with Crippen LogP contribution in [-0.2, 0) is 13.1 Å². The molecule has 0 spiro atoms. The van der Waals surface area contributed by atoms with E-state index in [-0.39, 0.29) is 40.9 Å². The van der Waals surface area contributed by atoms with Crippen LogP contribution in [0.4, 0.5) is 26.3 Å². The topological polar surface area (TPSA) is 105 Å². The van der Waals surface area contributed by atoms with Gasteiger partial charge in [0.05, 0.1) is 33.9 Å². The first-order chi connectivity index (χ1) is 22.5. The molecule has 0 amide bonds. The molecule has 0 aliphatic carbocycles. The van der Waals surface area contributed by atoms with Crippen LogP contribution >= 0.6 is 11.6 Å². The minimum absolute atomic E-state index is 0.0273. The van der Waals surface area contributed by atoms with E-state index in [0.717, 1.165) is 4.57 Å². The van der Waals surface area contributed by atoms with Gasteiger partial charge in [-0.3, -0.25) is 9.59 Å². The van der Waals surface area contributed by atoms with Crippen molar-refractivity contribution in [1.29, 1.82) is 0 Å². The van der Waals surface area contributed by atoms with Gasteiger partial charge in [-0.05, 0) is 26.0 Å². The molecule has 4 heterocycles. The average molecular weight is 675 g/mol. The summed E-state index contributed by atoms with van der Waals surface area (Å²) in [4.78, 5) is 31.9. The summed E-state index contributed by atoms with van der Waals surface area (Å²) in [6, 6.07) is 6.12. The molecule has 6 rings (SSSR count). The molecule has 0 aliphatic heterocycles. The third-order valence-corrected chi connectivity index (χ3v) is 7.11. The third kappa shape index (κ3) is 6.31. The van der Waals surface area contributed by atoms with Gasteiger partial charge in [-0.25, -0.2) is 45.7 Å². The van der Waals surface area contributed by atoms with Gasteiger partial charge in [0.15, 0.2) is 0 Å². The van der Waals surface area contributed by atoms with E-state index in [1.165, 1.54) is 57.4 Å². The molecule has 4 aromatic heterocycles. The van der Waals surface area contributed by atoms with E-state index in [2.05, 4.69) is 20.2 Å². The highest BCUT2D eigenvalue weighted by Gasteiger charge is 2.24. The second kappa shape index (κ2) is 13.5. The Kier molecular flexibility index (Phi) is 9.41. The molecule has 17 heteroatoms. The largest absolute Gasteiger partial charge is 0.306 e. The highest BCUT2D eigenvalue weighted by molar-refractivity contribution is 6.30. The predicted molar refractivity (Wildman–Crippen MR) is 158 cm³/mol. The fraction of sp³-hybridized carbons (Fsp3) is 0.133. The Morgan fingerprint density at radius 1 is 0.638 bits per heavy atom. The van der Waals surface area contributed by atoms with Crippen molar-refractivity contribution in [3.8, 4) is 33.9 Å². The maximum atomic E-state index is 14.3. The highest BCUT2D eigenvalue weighted by Crippen LogP contribution is 2.33. The van der Waals surface area contributed by atoms with Gasteiger partial charge in [-0.1, -0.05) is 11.6 Å². The van der Waals surface area contributed by atoms with Crippen molar-refractivity contribution >= 4 is 11.6 Å². The first kappa shape index (κ1) is 32.9. The number of halogens is 7. The quantitative estimate of drug-likeness (QED) is 0.209. The lowest BCUT2D eigenvalue weighted by Gasteiger charge is -2.17. The zero-order valence-electron chi connectivity index (χ0n) is 24.3. The summed E-state index contributed by atoms with van der Waals surface area (Å²) in [6.45, 7) is 3.54. The maximum Gasteiger partial charge on any atom is 0.269 e. The summed E-state index contributed by atoms with van der Waals surface area (Å²) in [5.74, 6) is -6.58. The van der Waals surface area contributed by atoms with Crippen molar-refractivity contribution in [2.75, 3.05) is 0 Å². The molecule has 0 atom stereocenters. The van der Waals surface area contributed by atoms with Gasteiger partial charge < -0.3 is 9.13 Å². The van der Waals surface area contributed by atoms with Crippen LogP contribution in [0.25, 0.3) is 33.9 Å². The van der Waals surface area contributed by atoms with Crippen LogP contribution in [0.15, 0.2) is 77.4 Å². The van der Waals surface area contributed by atoms with E-state index in [9.17, 15) is 35.9 Å². The Bertz CT molecular complexity index is 2160. The Balaban J connectivity index is 0.000000185. The third-order valence-electron chi connectivity index (χ3n) is 6.84. The van der Waals surface area contributed by atoms with Crippen LogP contribution in [-0.4, -0.2) is 38.7 Å². The summed E-state index contributed by atoms with van der Waals surface area (Å²) in [6.07, 6.45) is 5.10. The van der Waals surface area contributed by atoms with Crippen molar-refractivity contribution in [2.45, 2.75) is 26.9 Å². The van der Waals surface area contributed by atoms with Crippen LogP contribution < -0.4 is 11.1 Å². The molecular weight excluding hydrogens is 654 g/mol. The average Bonchev–Trinajstić information content (AvgIpc) is 3.74. The SMILES string of the molecule is CCn1c(-c2c(F)cc(F)cc2F)c(-n2cncn2)cc(Cl)c1=O.CCn1c(-c2c(F)cc(F)cc2F)c(-n2cncn2)ccc1=O. The lowest BCUT2D eigenvalue weighted by atomic mass is 10.1. The monoisotopic (exact) mass is 674 g/mol. The zero-order chi connectivity index (χ0) is 34.0. The molecule has 0 saturated heterocycles. The Morgan fingerprint density at radius 3 is 1.51 bits per heavy atom. The molecule has 0 saturated carbocycles. The van der Waals surface area contributed by atoms with Gasteiger partial charge in [0.2, 0.25) is 0 Å². The van der Waals surface area contributed by atoms with Crippen LogP contribution in [0, 0.1) is 34.9 Å². The minimum atomic E-state index is -1.14. The molecule has 242 valence electrons. The van der Waals surface area contributed by atoms with E-state index in [1.807, 2.05) is 0 Å². The zero-order valence-corrected chi connectivity index (χ0v) is 25.1. The summed E-state index contributed by atoms with van der Waals surface area (Å²) < 4.78 is 88.2. The van der Waals surface area contributed by atoms with E-state index in [4.69, 9.17) is 11.6 Å². The second-order valence-corrected chi connectivity index (χ2v) is 10.0. The molecular formula is C30H21ClF6N8O2. The van der Waals surface area contributed by atoms with Gasteiger partial charge in [0.25, 0.3) is 11.1 Å². The van der Waals surface area contributed by atoms with E-state index in [1.54, 1.807) is 13.8 Å². The Hall–Kier alpha value is -5.51. The van der Waals surface area contributed by atoms with Crippen LogP contribution in [0.3, 0.4) is 0 Å². The summed E-state index contributed by atoms with van der Waals surface area (Å²) in [5, 5.41) is 7.69. The van der Waals surface area contributed by atoms with Gasteiger partial charge in [0.1, 0.15) is 65.2 Å². The van der Waals surface area contributed by atoms with Gasteiger partial charge in [-0.2, -0.15) is 10.2 Å². The van der Waals surface area contributed by atoms with Gasteiger partial charge in [0, 0.05) is 43.4 Å². The molecule has 0 bridgehead atoms. The molecule has 6 aromatic rings. The van der Waals surface area contributed by atoms with Crippen molar-refractivity contribution in [1.82, 2.24) is 38.7 Å². The smallest absolute Gasteiger partial charge is 0.269 e. The summed E-state index contributed by atoms with van der Waals surface area (Å²) in [7, 11) is 0. The van der Waals surface area contributed by atoms with Gasteiger partial charge >= 0.3 is 0 Å². The predicted octanol–water partition coefficient (Wildman–Crippen LogP) is 5.72. The minimum Gasteiger partial charge on any atom is -0.306 e. The standard InChI is InChI=1S/C15H10ClF3N4O.C15H11F3N4O/c1-2-22-14(13-10(18)3-8(17)4-11(13)19)12(5-9(16)15(22)24)23-7-20-6-21-23;1-2-21-13(23)4-3-12(22-8-19-7-20-22)15(21)14-10(17)5-9(16)6-11(14)18/h3-7H,2H2,1H3;3-8H,2H2,1H3. The molecule has 10 nitrogen and oxygen atoms in total. The molecule has 0 unspecified atom stereocenters. The number of rotatable bonds is 6. The van der Waals surface area contributed by atoms with Crippen molar-refractivity contribution in [3.05, 3.63) is 128 Å². The summed E-state index contributed by atoms with van der Waals surface area (Å²) in [5.41, 5.74) is -1.82. The molecule has 0 radical (unpaired) electrons. The van der Waals surface area contributed by atoms with E-state index in [0.29, 0.717) is 24.3 Å². The van der Waals surface area contributed by atoms with Crippen molar-refractivity contribution in [2.24, 2.45) is 0 Å². The lowest BCUT2D eigenvalue weighted by molar-refractivity contribution is 0.543. The van der Waals surface area contributed by atoms with Crippen LogP contribution in [0.1, 0.15) is 13.8 Å². The Labute approximate surface area is 265 Å². The van der Waals surface area contributed by atoms with Crippen molar-refractivity contribution < 1.29 is 26.3 Å². The number of nitrogens with zero attached hydrogens (tertiary/aromatic N) is 8. The van der Waals surface area contributed by atoms with Crippen molar-refractivity contribution in [3.63, 3.8) is 0 Å². The first-order valence-electron chi connectivity index (χ1n) is 13.6. The molecule has 0 N–H and O–H groups in total. The number of hydrogen-bond donors (Lipinski definition) is 0. The lowest BCUT2D eigenvalue weighted by Crippen LogP contribution is -2.24. The molecule has 47 heavy (non-hydrogen) atoms. The fourth-order valence-electron chi connectivity index (χ4n) is 4.89. The molecule has 0 fully saturated rings. The molecule has 2 aromatic carbocycles.